The second-order valence-electron chi connectivity index (χ2n) is 3.99. The first-order valence-corrected chi connectivity index (χ1v) is 5.74. The van der Waals surface area contributed by atoms with Gasteiger partial charge in [0.25, 0.3) is 5.91 Å². The van der Waals surface area contributed by atoms with Crippen LogP contribution in [0.2, 0.25) is 0 Å². The number of phenols is 2. The van der Waals surface area contributed by atoms with E-state index in [0.717, 1.165) is 5.56 Å². The highest BCUT2D eigenvalue weighted by molar-refractivity contribution is 6.38. The molecule has 0 radical (unpaired) electrons. The Labute approximate surface area is 104 Å². The van der Waals surface area contributed by atoms with Crippen LogP contribution in [0.1, 0.15) is 5.56 Å². The van der Waals surface area contributed by atoms with Gasteiger partial charge in [-0.25, -0.2) is 0 Å². The maximum Gasteiger partial charge on any atom is 0.286 e. The molecule has 0 aliphatic carbocycles. The summed E-state index contributed by atoms with van der Waals surface area (Å²) in [6.45, 7) is 1.78. The lowest BCUT2D eigenvalue weighted by Crippen LogP contribution is -2.38. The molecule has 0 atom stereocenters. The minimum atomic E-state index is -0.212. The van der Waals surface area contributed by atoms with Gasteiger partial charge in [-0.05, 0) is 24.1 Å². The number of carbonyl (C=O) groups is 1. The number of nitrogens with zero attached hydrogens (tertiary/aromatic N) is 1. The number of aliphatic imine (C=N–C) groups is 1. The van der Waals surface area contributed by atoms with Crippen LogP contribution in [-0.2, 0) is 11.2 Å². The Kier molecular flexibility index (Phi) is 3.66. The lowest BCUT2D eigenvalue weighted by molar-refractivity contribution is -0.114. The fourth-order valence-corrected chi connectivity index (χ4v) is 1.68. The highest BCUT2D eigenvalue weighted by atomic mass is 16.3. The first kappa shape index (κ1) is 12.2. The smallest absolute Gasteiger partial charge is 0.286 e. The SMILES string of the molecule is O=C(NCCc1ccc(O)c(O)c1)C1=NCCN1. The van der Waals surface area contributed by atoms with E-state index < -0.39 is 0 Å². The van der Waals surface area contributed by atoms with E-state index in [9.17, 15) is 9.90 Å². The summed E-state index contributed by atoms with van der Waals surface area (Å²) in [5.41, 5.74) is 0.840. The monoisotopic (exact) mass is 249 g/mol. The average Bonchev–Trinajstić information content (AvgIpc) is 2.87. The zero-order valence-corrected chi connectivity index (χ0v) is 9.81. The molecule has 1 aromatic carbocycles. The van der Waals surface area contributed by atoms with Crippen molar-refractivity contribution in [2.45, 2.75) is 6.42 Å². The molecule has 4 N–H and O–H groups in total. The van der Waals surface area contributed by atoms with Gasteiger partial charge in [-0.1, -0.05) is 6.07 Å². The molecule has 0 aromatic heterocycles. The van der Waals surface area contributed by atoms with Crippen molar-refractivity contribution in [3.63, 3.8) is 0 Å². The third-order valence-corrected chi connectivity index (χ3v) is 2.63. The number of amidine groups is 1. The number of rotatable bonds is 4. The summed E-state index contributed by atoms with van der Waals surface area (Å²) in [4.78, 5) is 15.6. The van der Waals surface area contributed by atoms with Gasteiger partial charge >= 0.3 is 0 Å². The van der Waals surface area contributed by atoms with E-state index in [-0.39, 0.29) is 17.4 Å². The first-order chi connectivity index (χ1) is 8.66. The molecule has 18 heavy (non-hydrogen) atoms. The Morgan fingerprint density at radius 3 is 2.89 bits per heavy atom. The maximum atomic E-state index is 11.6. The van der Waals surface area contributed by atoms with E-state index in [0.29, 0.717) is 31.9 Å². The molecule has 6 nitrogen and oxygen atoms in total. The fourth-order valence-electron chi connectivity index (χ4n) is 1.68. The highest BCUT2D eigenvalue weighted by Gasteiger charge is 2.13. The molecule has 2 rings (SSSR count). The average molecular weight is 249 g/mol. The largest absolute Gasteiger partial charge is 0.504 e. The van der Waals surface area contributed by atoms with Crippen molar-refractivity contribution in [1.82, 2.24) is 10.6 Å². The maximum absolute atomic E-state index is 11.6. The molecule has 0 saturated carbocycles. The second-order valence-corrected chi connectivity index (χ2v) is 3.99. The molecule has 1 aromatic rings. The van der Waals surface area contributed by atoms with E-state index in [1.165, 1.54) is 12.1 Å². The third-order valence-electron chi connectivity index (χ3n) is 2.63. The topological polar surface area (TPSA) is 94.0 Å². The van der Waals surface area contributed by atoms with Gasteiger partial charge in [0.15, 0.2) is 17.3 Å². The number of phenolic OH excluding ortho intramolecular Hbond substituents is 2. The van der Waals surface area contributed by atoms with Crippen LogP contribution < -0.4 is 10.6 Å². The fraction of sp³-hybridized carbons (Fsp3) is 0.333. The van der Waals surface area contributed by atoms with Crippen LogP contribution in [0, 0.1) is 0 Å². The van der Waals surface area contributed by atoms with E-state index in [1.807, 2.05) is 0 Å². The van der Waals surface area contributed by atoms with E-state index in [2.05, 4.69) is 15.6 Å². The summed E-state index contributed by atoms with van der Waals surface area (Å²) < 4.78 is 0. The molecule has 1 aliphatic heterocycles. The van der Waals surface area contributed by atoms with Crippen molar-refractivity contribution >= 4 is 11.7 Å². The predicted molar refractivity (Wildman–Crippen MR) is 66.8 cm³/mol. The van der Waals surface area contributed by atoms with Crippen molar-refractivity contribution in [3.8, 4) is 11.5 Å². The van der Waals surface area contributed by atoms with Crippen LogP contribution in [-0.4, -0.2) is 41.6 Å². The number of nitrogens with one attached hydrogen (secondary N) is 2. The van der Waals surface area contributed by atoms with Gasteiger partial charge < -0.3 is 20.8 Å². The van der Waals surface area contributed by atoms with Crippen molar-refractivity contribution in [2.24, 2.45) is 4.99 Å². The summed E-state index contributed by atoms with van der Waals surface area (Å²) in [6.07, 6.45) is 0.576. The van der Waals surface area contributed by atoms with Gasteiger partial charge in [0, 0.05) is 13.1 Å². The zero-order valence-electron chi connectivity index (χ0n) is 9.81. The van der Waals surface area contributed by atoms with Gasteiger partial charge in [-0.3, -0.25) is 9.79 Å². The van der Waals surface area contributed by atoms with Crippen LogP contribution in [0.5, 0.6) is 11.5 Å². The van der Waals surface area contributed by atoms with Crippen LogP contribution in [0.25, 0.3) is 0 Å². The molecule has 0 unspecified atom stereocenters. The summed E-state index contributed by atoms with van der Waals surface area (Å²) >= 11 is 0. The summed E-state index contributed by atoms with van der Waals surface area (Å²) in [5, 5.41) is 24.1. The summed E-state index contributed by atoms with van der Waals surface area (Å²) in [5.74, 6) is -0.132. The number of aromatic hydroxyl groups is 2. The Bertz CT molecular complexity index is 485. The van der Waals surface area contributed by atoms with Crippen molar-refractivity contribution in [2.75, 3.05) is 19.6 Å². The second kappa shape index (κ2) is 5.39. The summed E-state index contributed by atoms with van der Waals surface area (Å²) in [7, 11) is 0. The number of hydrogen-bond acceptors (Lipinski definition) is 5. The van der Waals surface area contributed by atoms with Crippen molar-refractivity contribution in [3.05, 3.63) is 23.8 Å². The molecule has 0 bridgehead atoms. The third kappa shape index (κ3) is 2.91. The molecule has 0 saturated heterocycles. The molecular formula is C12H15N3O3. The molecule has 1 amide bonds. The molecular weight excluding hydrogens is 234 g/mol. The van der Waals surface area contributed by atoms with Gasteiger partial charge in [0.1, 0.15) is 0 Å². The number of amides is 1. The quantitative estimate of drug-likeness (QED) is 0.554. The lowest BCUT2D eigenvalue weighted by Gasteiger charge is -2.06. The Hall–Kier alpha value is -2.24. The van der Waals surface area contributed by atoms with E-state index in [1.54, 1.807) is 6.07 Å². The standard InChI is InChI=1S/C12H15N3O3/c16-9-2-1-8(7-10(9)17)3-4-15-12(18)11-13-5-6-14-11/h1-2,7,16-17H,3-6H2,(H,13,14)(H,15,18). The van der Waals surface area contributed by atoms with Crippen LogP contribution in [0.3, 0.4) is 0 Å². The van der Waals surface area contributed by atoms with E-state index >= 15 is 0 Å². The van der Waals surface area contributed by atoms with Gasteiger partial charge in [0.05, 0.1) is 6.54 Å². The summed E-state index contributed by atoms with van der Waals surface area (Å²) in [6, 6.07) is 4.61. The van der Waals surface area contributed by atoms with E-state index in [4.69, 9.17) is 5.11 Å². The molecule has 1 aliphatic rings. The molecule has 96 valence electrons. The number of benzene rings is 1. The highest BCUT2D eigenvalue weighted by Crippen LogP contribution is 2.24. The first-order valence-electron chi connectivity index (χ1n) is 5.74. The Morgan fingerprint density at radius 2 is 2.22 bits per heavy atom. The minimum absolute atomic E-state index is 0.146. The van der Waals surface area contributed by atoms with Crippen LogP contribution in [0.4, 0.5) is 0 Å². The lowest BCUT2D eigenvalue weighted by atomic mass is 10.1. The van der Waals surface area contributed by atoms with Crippen molar-refractivity contribution < 1.29 is 15.0 Å². The molecule has 0 spiro atoms. The van der Waals surface area contributed by atoms with Gasteiger partial charge in [0.2, 0.25) is 0 Å². The molecule has 6 heteroatoms. The zero-order chi connectivity index (χ0) is 13.0. The van der Waals surface area contributed by atoms with Crippen LogP contribution in [0.15, 0.2) is 23.2 Å². The van der Waals surface area contributed by atoms with Gasteiger partial charge in [-0.15, -0.1) is 0 Å². The van der Waals surface area contributed by atoms with Crippen LogP contribution >= 0.6 is 0 Å². The van der Waals surface area contributed by atoms with Gasteiger partial charge in [-0.2, -0.15) is 0 Å². The number of hydrogen-bond donors (Lipinski definition) is 4. The Morgan fingerprint density at radius 1 is 1.39 bits per heavy atom. The Balaban J connectivity index is 1.81. The normalized spacial score (nSPS) is 13.9. The molecule has 0 fully saturated rings. The number of carbonyl (C=O) groups excluding carboxylic acids is 1. The predicted octanol–water partition coefficient (Wildman–Crippen LogP) is -0.242. The van der Waals surface area contributed by atoms with Crippen molar-refractivity contribution in [1.29, 1.82) is 0 Å². The molecule has 1 heterocycles. The minimum Gasteiger partial charge on any atom is -0.504 e.